The smallest absolute Gasteiger partial charge is 0.169 e. The van der Waals surface area contributed by atoms with Gasteiger partial charge in [-0.15, -0.1) is 0 Å². The maximum absolute atomic E-state index is 11.9. The summed E-state index contributed by atoms with van der Waals surface area (Å²) in [5, 5.41) is 0. The van der Waals surface area contributed by atoms with Gasteiger partial charge in [-0.3, -0.25) is 4.79 Å². The molecule has 0 heterocycles. The average molecular weight is 206 g/mol. The van der Waals surface area contributed by atoms with Gasteiger partial charge in [-0.2, -0.15) is 0 Å². The van der Waals surface area contributed by atoms with E-state index in [-0.39, 0.29) is 17.8 Å². The number of ketones is 1. The third-order valence-corrected chi connectivity index (χ3v) is 2.04. The van der Waals surface area contributed by atoms with Crippen LogP contribution < -0.4 is 4.74 Å². The topological polar surface area (TPSA) is 26.3 Å². The largest absolute Gasteiger partial charge is 0.490 e. The van der Waals surface area contributed by atoms with Crippen molar-refractivity contribution in [1.82, 2.24) is 0 Å². The first kappa shape index (κ1) is 11.8. The summed E-state index contributed by atoms with van der Waals surface area (Å²) in [7, 11) is 0. The second-order valence-corrected chi connectivity index (χ2v) is 4.18. The summed E-state index contributed by atoms with van der Waals surface area (Å²) < 4.78 is 5.60. The lowest BCUT2D eigenvalue weighted by Gasteiger charge is -2.14. The molecule has 0 aromatic heterocycles. The predicted octanol–water partition coefficient (Wildman–Crippen LogP) is 3.31. The van der Waals surface area contributed by atoms with Gasteiger partial charge in [0.05, 0.1) is 11.7 Å². The zero-order valence-electron chi connectivity index (χ0n) is 9.78. The highest BCUT2D eigenvalue weighted by molar-refractivity contribution is 5.99. The average Bonchev–Trinajstić information content (AvgIpc) is 2.16. The Labute approximate surface area is 91.3 Å². The summed E-state index contributed by atoms with van der Waals surface area (Å²) in [5.74, 6) is 0.819. The first-order valence-electron chi connectivity index (χ1n) is 5.32. The summed E-state index contributed by atoms with van der Waals surface area (Å²) in [6, 6.07) is 7.41. The monoisotopic (exact) mass is 206 g/mol. The summed E-state index contributed by atoms with van der Waals surface area (Å²) >= 11 is 0. The fraction of sp³-hybridized carbons (Fsp3) is 0.462. The van der Waals surface area contributed by atoms with Gasteiger partial charge in [0.25, 0.3) is 0 Å². The number of para-hydroxylation sites is 1. The highest BCUT2D eigenvalue weighted by Crippen LogP contribution is 2.22. The van der Waals surface area contributed by atoms with Gasteiger partial charge in [-0.1, -0.05) is 26.0 Å². The molecule has 1 aromatic carbocycles. The highest BCUT2D eigenvalue weighted by atomic mass is 16.5. The first-order valence-corrected chi connectivity index (χ1v) is 5.32. The van der Waals surface area contributed by atoms with Crippen LogP contribution in [0.4, 0.5) is 0 Å². The van der Waals surface area contributed by atoms with Gasteiger partial charge in [0.1, 0.15) is 5.75 Å². The molecule has 0 radical (unpaired) electrons. The predicted molar refractivity (Wildman–Crippen MR) is 61.4 cm³/mol. The van der Waals surface area contributed by atoms with E-state index in [2.05, 4.69) is 0 Å². The van der Waals surface area contributed by atoms with Gasteiger partial charge in [0.15, 0.2) is 5.78 Å². The second kappa shape index (κ2) is 4.96. The molecule has 15 heavy (non-hydrogen) atoms. The van der Waals surface area contributed by atoms with Gasteiger partial charge in [0.2, 0.25) is 0 Å². The molecule has 1 aromatic rings. The van der Waals surface area contributed by atoms with Gasteiger partial charge in [0, 0.05) is 5.92 Å². The van der Waals surface area contributed by atoms with E-state index >= 15 is 0 Å². The summed E-state index contributed by atoms with van der Waals surface area (Å²) in [6.07, 6.45) is 0.0890. The Hall–Kier alpha value is -1.31. The summed E-state index contributed by atoms with van der Waals surface area (Å²) in [5.41, 5.74) is 0.682. The third kappa shape index (κ3) is 3.08. The van der Waals surface area contributed by atoms with E-state index in [1.165, 1.54) is 0 Å². The van der Waals surface area contributed by atoms with Crippen LogP contribution in [0.1, 0.15) is 38.1 Å². The van der Waals surface area contributed by atoms with Crippen LogP contribution in [-0.4, -0.2) is 11.9 Å². The van der Waals surface area contributed by atoms with Crippen molar-refractivity contribution in [3.63, 3.8) is 0 Å². The molecule has 0 saturated heterocycles. The van der Waals surface area contributed by atoms with Crippen molar-refractivity contribution in [2.75, 3.05) is 0 Å². The Morgan fingerprint density at radius 2 is 1.73 bits per heavy atom. The molecular weight excluding hydrogens is 188 g/mol. The minimum atomic E-state index is 0.00177. The Kier molecular flexibility index (Phi) is 3.89. The van der Waals surface area contributed by atoms with Crippen molar-refractivity contribution in [3.8, 4) is 5.75 Å². The van der Waals surface area contributed by atoms with Crippen molar-refractivity contribution < 1.29 is 9.53 Å². The normalized spacial score (nSPS) is 10.8. The molecule has 2 nitrogen and oxygen atoms in total. The number of carbonyl (C=O) groups excluding carboxylic acids is 1. The van der Waals surface area contributed by atoms with Crippen LogP contribution in [0.25, 0.3) is 0 Å². The third-order valence-electron chi connectivity index (χ3n) is 2.04. The molecule has 82 valence electrons. The van der Waals surface area contributed by atoms with Crippen LogP contribution in [-0.2, 0) is 0 Å². The Morgan fingerprint density at radius 3 is 2.27 bits per heavy atom. The molecule has 0 unspecified atom stereocenters. The van der Waals surface area contributed by atoms with E-state index in [9.17, 15) is 4.79 Å². The lowest BCUT2D eigenvalue weighted by Crippen LogP contribution is -2.13. The van der Waals surface area contributed by atoms with E-state index in [0.717, 1.165) is 0 Å². The SMILES string of the molecule is CC(C)Oc1ccccc1C(=O)C(C)C. The van der Waals surface area contributed by atoms with Crippen LogP contribution in [0.3, 0.4) is 0 Å². The van der Waals surface area contributed by atoms with Gasteiger partial charge >= 0.3 is 0 Å². The molecule has 1 rings (SSSR count). The van der Waals surface area contributed by atoms with Crippen LogP contribution in [0.5, 0.6) is 5.75 Å². The first-order chi connectivity index (χ1) is 7.02. The van der Waals surface area contributed by atoms with Crippen molar-refractivity contribution in [3.05, 3.63) is 29.8 Å². The lowest BCUT2D eigenvalue weighted by molar-refractivity contribution is 0.0933. The molecule has 0 aliphatic rings. The van der Waals surface area contributed by atoms with E-state index in [1.54, 1.807) is 0 Å². The molecule has 0 aliphatic carbocycles. The van der Waals surface area contributed by atoms with Gasteiger partial charge in [-0.25, -0.2) is 0 Å². The maximum Gasteiger partial charge on any atom is 0.169 e. The van der Waals surface area contributed by atoms with Crippen LogP contribution in [0, 0.1) is 5.92 Å². The molecule has 0 saturated carbocycles. The minimum Gasteiger partial charge on any atom is -0.490 e. The molecule has 2 heteroatoms. The zero-order chi connectivity index (χ0) is 11.4. The fourth-order valence-corrected chi connectivity index (χ4v) is 1.34. The zero-order valence-corrected chi connectivity index (χ0v) is 9.78. The molecule has 0 fully saturated rings. The molecular formula is C13H18O2. The number of benzene rings is 1. The number of carbonyl (C=O) groups is 1. The lowest BCUT2D eigenvalue weighted by atomic mass is 10.0. The number of ether oxygens (including phenoxy) is 1. The molecule has 0 N–H and O–H groups in total. The van der Waals surface area contributed by atoms with Crippen molar-refractivity contribution in [2.45, 2.75) is 33.8 Å². The molecule has 0 aliphatic heterocycles. The highest BCUT2D eigenvalue weighted by Gasteiger charge is 2.15. The number of hydrogen-bond acceptors (Lipinski definition) is 2. The van der Waals surface area contributed by atoms with Crippen molar-refractivity contribution in [1.29, 1.82) is 0 Å². The van der Waals surface area contributed by atoms with E-state index in [4.69, 9.17) is 4.74 Å². The number of hydrogen-bond donors (Lipinski definition) is 0. The van der Waals surface area contributed by atoms with Crippen LogP contribution >= 0.6 is 0 Å². The van der Waals surface area contributed by atoms with Crippen molar-refractivity contribution in [2.24, 2.45) is 5.92 Å². The summed E-state index contributed by atoms with van der Waals surface area (Å²) in [6.45, 7) is 7.70. The van der Waals surface area contributed by atoms with Crippen LogP contribution in [0.2, 0.25) is 0 Å². The quantitative estimate of drug-likeness (QED) is 0.706. The Bertz CT molecular complexity index is 340. The van der Waals surface area contributed by atoms with Gasteiger partial charge < -0.3 is 4.74 Å². The molecule has 0 spiro atoms. The molecule has 0 amide bonds. The maximum atomic E-state index is 11.9. The minimum absolute atomic E-state index is 0.00177. The Balaban J connectivity index is 3.01. The number of rotatable bonds is 4. The number of Topliss-reactive ketones (excluding diaryl/α,β-unsaturated/α-hetero) is 1. The van der Waals surface area contributed by atoms with Crippen molar-refractivity contribution >= 4 is 5.78 Å². The second-order valence-electron chi connectivity index (χ2n) is 4.18. The molecule has 0 atom stereocenters. The van der Waals surface area contributed by atoms with E-state index < -0.39 is 0 Å². The van der Waals surface area contributed by atoms with E-state index in [1.807, 2.05) is 52.0 Å². The van der Waals surface area contributed by atoms with E-state index in [0.29, 0.717) is 11.3 Å². The van der Waals surface area contributed by atoms with Gasteiger partial charge in [-0.05, 0) is 26.0 Å². The standard InChI is InChI=1S/C13H18O2/c1-9(2)13(14)11-7-5-6-8-12(11)15-10(3)4/h5-10H,1-4H3. The Morgan fingerprint density at radius 1 is 1.13 bits per heavy atom. The summed E-state index contributed by atoms with van der Waals surface area (Å²) in [4.78, 5) is 11.9. The fourth-order valence-electron chi connectivity index (χ4n) is 1.34. The van der Waals surface area contributed by atoms with Crippen LogP contribution in [0.15, 0.2) is 24.3 Å². The molecule has 0 bridgehead atoms.